The smallest absolute Gasteiger partial charge is 0.251 e. The van der Waals surface area contributed by atoms with Gasteiger partial charge < -0.3 is 16.0 Å². The molecule has 6 heteroatoms. The van der Waals surface area contributed by atoms with Crippen LogP contribution >= 0.6 is 12.2 Å². The Kier molecular flexibility index (Phi) is 5.27. The molecular formula is C15H19N3O2S. The van der Waals surface area contributed by atoms with E-state index in [9.17, 15) is 9.59 Å². The van der Waals surface area contributed by atoms with E-state index in [1.54, 1.807) is 24.3 Å². The number of thiocarbonyl (C=S) groups is 1. The second-order valence-electron chi connectivity index (χ2n) is 5.04. The number of nitrogens with two attached hydrogens (primary N) is 1. The van der Waals surface area contributed by atoms with Crippen LogP contribution in [-0.4, -0.2) is 41.3 Å². The van der Waals surface area contributed by atoms with Crippen molar-refractivity contribution in [1.29, 1.82) is 0 Å². The molecule has 2 rings (SSSR count). The Bertz CT molecular complexity index is 554. The van der Waals surface area contributed by atoms with Crippen LogP contribution in [0.3, 0.4) is 0 Å². The van der Waals surface area contributed by atoms with Gasteiger partial charge in [-0.2, -0.15) is 0 Å². The van der Waals surface area contributed by atoms with Crippen molar-refractivity contribution in [2.45, 2.75) is 19.3 Å². The molecular weight excluding hydrogens is 286 g/mol. The molecule has 3 N–H and O–H groups in total. The van der Waals surface area contributed by atoms with Crippen LogP contribution in [0.4, 0.5) is 0 Å². The molecule has 2 amide bonds. The van der Waals surface area contributed by atoms with E-state index < -0.39 is 0 Å². The third-order valence-corrected chi connectivity index (χ3v) is 3.73. The Morgan fingerprint density at radius 3 is 2.57 bits per heavy atom. The molecule has 0 saturated carbocycles. The van der Waals surface area contributed by atoms with E-state index in [0.29, 0.717) is 24.1 Å². The molecule has 0 aliphatic carbocycles. The number of carbonyl (C=O) groups is 2. The van der Waals surface area contributed by atoms with Crippen molar-refractivity contribution in [3.63, 3.8) is 0 Å². The highest BCUT2D eigenvalue weighted by molar-refractivity contribution is 7.80. The fourth-order valence-electron chi connectivity index (χ4n) is 2.32. The maximum absolute atomic E-state index is 12.0. The van der Waals surface area contributed by atoms with E-state index in [1.807, 2.05) is 4.90 Å². The number of nitrogens with one attached hydrogen (secondary N) is 1. The van der Waals surface area contributed by atoms with Crippen molar-refractivity contribution in [1.82, 2.24) is 10.2 Å². The van der Waals surface area contributed by atoms with E-state index in [-0.39, 0.29) is 16.8 Å². The molecule has 1 aliphatic rings. The SMILES string of the molecule is NC(=S)c1cccc(C(=O)NCCC(=O)N2CCCC2)c1. The molecule has 1 saturated heterocycles. The van der Waals surface area contributed by atoms with Crippen LogP contribution in [0.25, 0.3) is 0 Å². The lowest BCUT2D eigenvalue weighted by Crippen LogP contribution is -2.32. The molecule has 5 nitrogen and oxygen atoms in total. The predicted octanol–water partition coefficient (Wildman–Crippen LogP) is 1.06. The molecule has 0 spiro atoms. The Hall–Kier alpha value is -1.95. The van der Waals surface area contributed by atoms with Crippen molar-refractivity contribution in [3.05, 3.63) is 35.4 Å². The average molecular weight is 305 g/mol. The van der Waals surface area contributed by atoms with Gasteiger partial charge in [-0.1, -0.05) is 24.4 Å². The second-order valence-corrected chi connectivity index (χ2v) is 5.48. The van der Waals surface area contributed by atoms with Crippen molar-refractivity contribution in [2.24, 2.45) is 5.73 Å². The zero-order valence-corrected chi connectivity index (χ0v) is 12.6. The number of amides is 2. The molecule has 21 heavy (non-hydrogen) atoms. The molecule has 0 atom stereocenters. The highest BCUT2D eigenvalue weighted by Gasteiger charge is 2.17. The maximum Gasteiger partial charge on any atom is 0.251 e. The summed E-state index contributed by atoms with van der Waals surface area (Å²) in [4.78, 5) is 26.0. The topological polar surface area (TPSA) is 75.4 Å². The van der Waals surface area contributed by atoms with Gasteiger partial charge in [0.05, 0.1) is 0 Å². The fraction of sp³-hybridized carbons (Fsp3) is 0.400. The second kappa shape index (κ2) is 7.17. The van der Waals surface area contributed by atoms with Gasteiger partial charge in [0.25, 0.3) is 5.91 Å². The van der Waals surface area contributed by atoms with Gasteiger partial charge in [0.15, 0.2) is 0 Å². The zero-order valence-electron chi connectivity index (χ0n) is 11.8. The lowest BCUT2D eigenvalue weighted by Gasteiger charge is -2.15. The van der Waals surface area contributed by atoms with Crippen LogP contribution in [-0.2, 0) is 4.79 Å². The summed E-state index contributed by atoms with van der Waals surface area (Å²) in [6, 6.07) is 6.84. The average Bonchev–Trinajstić information content (AvgIpc) is 3.01. The first kappa shape index (κ1) is 15.4. The van der Waals surface area contributed by atoms with E-state index >= 15 is 0 Å². The van der Waals surface area contributed by atoms with Crippen LogP contribution in [0.1, 0.15) is 35.2 Å². The highest BCUT2D eigenvalue weighted by Crippen LogP contribution is 2.09. The predicted molar refractivity (Wildman–Crippen MR) is 85.1 cm³/mol. The van der Waals surface area contributed by atoms with Gasteiger partial charge in [-0.25, -0.2) is 0 Å². The van der Waals surface area contributed by atoms with E-state index in [2.05, 4.69) is 5.32 Å². The highest BCUT2D eigenvalue weighted by atomic mass is 32.1. The summed E-state index contributed by atoms with van der Waals surface area (Å²) in [7, 11) is 0. The number of hydrogen-bond acceptors (Lipinski definition) is 3. The molecule has 1 fully saturated rings. The monoisotopic (exact) mass is 305 g/mol. The van der Waals surface area contributed by atoms with Gasteiger partial charge in [0.2, 0.25) is 5.91 Å². The van der Waals surface area contributed by atoms with Crippen LogP contribution in [0.5, 0.6) is 0 Å². The fourth-order valence-corrected chi connectivity index (χ4v) is 2.45. The van der Waals surface area contributed by atoms with Crippen molar-refractivity contribution in [3.8, 4) is 0 Å². The first-order chi connectivity index (χ1) is 10.1. The Morgan fingerprint density at radius 2 is 1.90 bits per heavy atom. The van der Waals surface area contributed by atoms with Gasteiger partial charge in [-0.15, -0.1) is 0 Å². The molecule has 1 aromatic carbocycles. The number of likely N-dealkylation sites (tertiary alicyclic amines) is 1. The third kappa shape index (κ3) is 4.26. The maximum atomic E-state index is 12.0. The minimum absolute atomic E-state index is 0.102. The Balaban J connectivity index is 1.82. The van der Waals surface area contributed by atoms with Gasteiger partial charge in [-0.05, 0) is 25.0 Å². The number of carbonyl (C=O) groups excluding carboxylic acids is 2. The van der Waals surface area contributed by atoms with Crippen molar-refractivity contribution in [2.75, 3.05) is 19.6 Å². The van der Waals surface area contributed by atoms with Gasteiger partial charge in [0.1, 0.15) is 4.99 Å². The molecule has 1 heterocycles. The molecule has 0 aromatic heterocycles. The lowest BCUT2D eigenvalue weighted by atomic mass is 10.1. The molecule has 112 valence electrons. The number of benzene rings is 1. The summed E-state index contributed by atoms with van der Waals surface area (Å²) in [6.07, 6.45) is 2.48. The van der Waals surface area contributed by atoms with Crippen LogP contribution in [0.2, 0.25) is 0 Å². The minimum Gasteiger partial charge on any atom is -0.389 e. The third-order valence-electron chi connectivity index (χ3n) is 3.49. The number of hydrogen-bond donors (Lipinski definition) is 2. The lowest BCUT2D eigenvalue weighted by molar-refractivity contribution is -0.129. The van der Waals surface area contributed by atoms with E-state index in [1.165, 1.54) is 0 Å². The number of nitrogens with zero attached hydrogens (tertiary/aromatic N) is 1. The molecule has 0 bridgehead atoms. The minimum atomic E-state index is -0.220. The summed E-state index contributed by atoms with van der Waals surface area (Å²) < 4.78 is 0. The molecule has 0 radical (unpaired) electrons. The van der Waals surface area contributed by atoms with Gasteiger partial charge >= 0.3 is 0 Å². The Morgan fingerprint density at radius 1 is 1.24 bits per heavy atom. The normalized spacial score (nSPS) is 14.0. The first-order valence-electron chi connectivity index (χ1n) is 7.04. The van der Waals surface area contributed by atoms with Gasteiger partial charge in [-0.3, -0.25) is 9.59 Å². The zero-order chi connectivity index (χ0) is 15.2. The molecule has 0 unspecified atom stereocenters. The summed E-state index contributed by atoms with van der Waals surface area (Å²) in [5.41, 5.74) is 6.69. The largest absolute Gasteiger partial charge is 0.389 e. The van der Waals surface area contributed by atoms with E-state index in [4.69, 9.17) is 18.0 Å². The summed E-state index contributed by atoms with van der Waals surface area (Å²) in [6.45, 7) is 2.01. The number of rotatable bonds is 5. The summed E-state index contributed by atoms with van der Waals surface area (Å²) >= 11 is 4.89. The van der Waals surface area contributed by atoms with Crippen molar-refractivity contribution >= 4 is 29.0 Å². The summed E-state index contributed by atoms with van der Waals surface area (Å²) in [5.74, 6) is -0.119. The molecule has 1 aromatic rings. The summed E-state index contributed by atoms with van der Waals surface area (Å²) in [5, 5.41) is 2.75. The Labute approximate surface area is 129 Å². The quantitative estimate of drug-likeness (QED) is 0.798. The standard InChI is InChI=1S/C15H19N3O2S/c16-14(21)11-4-3-5-12(10-11)15(20)17-7-6-13(19)18-8-1-2-9-18/h3-5,10H,1-2,6-9H2,(H2,16,21)(H,17,20). The van der Waals surface area contributed by atoms with Crippen LogP contribution in [0, 0.1) is 0 Å². The van der Waals surface area contributed by atoms with Crippen molar-refractivity contribution < 1.29 is 9.59 Å². The first-order valence-corrected chi connectivity index (χ1v) is 7.44. The van der Waals surface area contributed by atoms with Crippen LogP contribution in [0.15, 0.2) is 24.3 Å². The van der Waals surface area contributed by atoms with E-state index in [0.717, 1.165) is 25.9 Å². The van der Waals surface area contributed by atoms with Gasteiger partial charge in [0, 0.05) is 37.2 Å². The van der Waals surface area contributed by atoms with Crippen LogP contribution < -0.4 is 11.1 Å². The molecule has 1 aliphatic heterocycles.